The number of esters is 1. The predicted molar refractivity (Wildman–Crippen MR) is 93.5 cm³/mol. The van der Waals surface area contributed by atoms with Crippen LogP contribution < -0.4 is 10.6 Å². The van der Waals surface area contributed by atoms with Crippen molar-refractivity contribution in [2.45, 2.75) is 13.8 Å². The molecular weight excluding hydrogens is 296 g/mol. The standard InChI is InChI=1S/C17H18N2O2S/c1-11-7-8-15(9-12(11)2)19-17(22)18-14-6-4-5-13(10-14)16(20)21-3/h4-10H,1-3H3,(H2,18,19,22). The van der Waals surface area contributed by atoms with Crippen molar-refractivity contribution >= 4 is 34.7 Å². The van der Waals surface area contributed by atoms with Gasteiger partial charge in [-0.1, -0.05) is 12.1 Å². The topological polar surface area (TPSA) is 50.4 Å². The Morgan fingerprint density at radius 3 is 2.32 bits per heavy atom. The molecule has 0 aliphatic carbocycles. The highest BCUT2D eigenvalue weighted by Gasteiger charge is 2.06. The zero-order chi connectivity index (χ0) is 16.1. The van der Waals surface area contributed by atoms with Gasteiger partial charge < -0.3 is 15.4 Å². The van der Waals surface area contributed by atoms with E-state index in [1.54, 1.807) is 18.2 Å². The molecule has 4 nitrogen and oxygen atoms in total. The number of thiocarbonyl (C=S) groups is 1. The van der Waals surface area contributed by atoms with Crippen LogP contribution >= 0.6 is 12.2 Å². The third kappa shape index (κ3) is 4.05. The van der Waals surface area contributed by atoms with E-state index in [0.717, 1.165) is 11.4 Å². The Hall–Kier alpha value is -2.40. The highest BCUT2D eigenvalue weighted by Crippen LogP contribution is 2.16. The SMILES string of the molecule is COC(=O)c1cccc(NC(=S)Nc2ccc(C)c(C)c2)c1. The summed E-state index contributed by atoms with van der Waals surface area (Å²) in [7, 11) is 1.36. The number of nitrogens with one attached hydrogen (secondary N) is 2. The van der Waals surface area contributed by atoms with Crippen LogP contribution in [0.2, 0.25) is 0 Å². The largest absolute Gasteiger partial charge is 0.465 e. The fraction of sp³-hybridized carbons (Fsp3) is 0.176. The van der Waals surface area contributed by atoms with Crippen LogP contribution in [0.4, 0.5) is 11.4 Å². The maximum Gasteiger partial charge on any atom is 0.337 e. The molecule has 0 saturated heterocycles. The number of anilines is 2. The van der Waals surface area contributed by atoms with Crippen LogP contribution in [0, 0.1) is 13.8 Å². The summed E-state index contributed by atoms with van der Waals surface area (Å²) in [4.78, 5) is 11.5. The lowest BCUT2D eigenvalue weighted by atomic mass is 10.1. The number of methoxy groups -OCH3 is 1. The maximum absolute atomic E-state index is 11.5. The normalized spacial score (nSPS) is 9.95. The van der Waals surface area contributed by atoms with Gasteiger partial charge in [0.1, 0.15) is 0 Å². The molecule has 0 saturated carbocycles. The number of carbonyl (C=O) groups is 1. The summed E-state index contributed by atoms with van der Waals surface area (Å²) >= 11 is 5.29. The van der Waals surface area contributed by atoms with E-state index in [1.165, 1.54) is 18.2 Å². The Balaban J connectivity index is 2.05. The van der Waals surface area contributed by atoms with Gasteiger partial charge in [-0.2, -0.15) is 0 Å². The lowest BCUT2D eigenvalue weighted by Gasteiger charge is -2.12. The van der Waals surface area contributed by atoms with Crippen molar-refractivity contribution in [3.05, 3.63) is 59.2 Å². The first-order valence-electron chi connectivity index (χ1n) is 6.83. The molecule has 0 aliphatic heterocycles. The highest BCUT2D eigenvalue weighted by atomic mass is 32.1. The van der Waals surface area contributed by atoms with Crippen molar-refractivity contribution in [3.8, 4) is 0 Å². The molecule has 0 aromatic heterocycles. The Kier molecular flexibility index (Phi) is 5.12. The van der Waals surface area contributed by atoms with Crippen molar-refractivity contribution in [3.63, 3.8) is 0 Å². The Labute approximate surface area is 135 Å². The molecular formula is C17H18N2O2S. The van der Waals surface area contributed by atoms with Gasteiger partial charge >= 0.3 is 5.97 Å². The first-order valence-corrected chi connectivity index (χ1v) is 7.24. The first kappa shape index (κ1) is 16.0. The minimum absolute atomic E-state index is 0.378. The van der Waals surface area contributed by atoms with Crippen molar-refractivity contribution in [2.75, 3.05) is 17.7 Å². The number of carbonyl (C=O) groups excluding carboxylic acids is 1. The summed E-state index contributed by atoms with van der Waals surface area (Å²) in [5.41, 5.74) is 4.55. The van der Waals surface area contributed by atoms with Crippen LogP contribution in [-0.4, -0.2) is 18.2 Å². The molecule has 2 rings (SSSR count). The zero-order valence-electron chi connectivity index (χ0n) is 12.8. The van der Waals surface area contributed by atoms with Crippen LogP contribution in [0.25, 0.3) is 0 Å². The average molecular weight is 314 g/mol. The molecule has 2 aromatic carbocycles. The van der Waals surface area contributed by atoms with Gasteiger partial charge in [0.05, 0.1) is 12.7 Å². The second kappa shape index (κ2) is 7.04. The second-order valence-corrected chi connectivity index (χ2v) is 5.36. The van der Waals surface area contributed by atoms with Gasteiger partial charge in [-0.25, -0.2) is 4.79 Å². The lowest BCUT2D eigenvalue weighted by molar-refractivity contribution is 0.0601. The molecule has 5 heteroatoms. The van der Waals surface area contributed by atoms with E-state index < -0.39 is 0 Å². The lowest BCUT2D eigenvalue weighted by Crippen LogP contribution is -2.19. The van der Waals surface area contributed by atoms with Gasteiger partial charge in [-0.15, -0.1) is 0 Å². The molecule has 2 aromatic rings. The molecule has 0 aliphatic rings. The maximum atomic E-state index is 11.5. The third-order valence-corrected chi connectivity index (χ3v) is 3.51. The Morgan fingerprint density at radius 1 is 1.00 bits per heavy atom. The summed E-state index contributed by atoms with van der Waals surface area (Å²) < 4.78 is 4.70. The van der Waals surface area contributed by atoms with E-state index in [0.29, 0.717) is 10.7 Å². The molecule has 0 bridgehead atoms. The number of aryl methyl sites for hydroxylation is 2. The summed E-state index contributed by atoms with van der Waals surface area (Å²) in [5.74, 6) is -0.378. The van der Waals surface area contributed by atoms with Gasteiger partial charge in [0, 0.05) is 11.4 Å². The molecule has 0 amide bonds. The number of benzene rings is 2. The fourth-order valence-electron chi connectivity index (χ4n) is 1.95. The number of hydrogen-bond donors (Lipinski definition) is 2. The molecule has 0 fully saturated rings. The predicted octanol–water partition coefficient (Wildman–Crippen LogP) is 3.90. The van der Waals surface area contributed by atoms with Gasteiger partial charge in [-0.3, -0.25) is 0 Å². The third-order valence-electron chi connectivity index (χ3n) is 3.31. The monoisotopic (exact) mass is 314 g/mol. The molecule has 0 unspecified atom stereocenters. The summed E-state index contributed by atoms with van der Waals surface area (Å²) in [6, 6.07) is 13.0. The number of hydrogen-bond acceptors (Lipinski definition) is 3. The van der Waals surface area contributed by atoms with Gasteiger partial charge in [0.15, 0.2) is 5.11 Å². The van der Waals surface area contributed by atoms with Crippen LogP contribution in [0.15, 0.2) is 42.5 Å². The molecule has 0 heterocycles. The summed E-state index contributed by atoms with van der Waals surface area (Å²) in [6.07, 6.45) is 0. The average Bonchev–Trinajstić information content (AvgIpc) is 2.50. The molecule has 2 N–H and O–H groups in total. The van der Waals surface area contributed by atoms with Crippen LogP contribution in [0.1, 0.15) is 21.5 Å². The smallest absolute Gasteiger partial charge is 0.337 e. The van der Waals surface area contributed by atoms with E-state index in [9.17, 15) is 4.79 Å². The van der Waals surface area contributed by atoms with E-state index in [1.807, 2.05) is 24.3 Å². The van der Waals surface area contributed by atoms with Gasteiger partial charge in [0.25, 0.3) is 0 Å². The Bertz CT molecular complexity index is 714. The number of rotatable bonds is 3. The summed E-state index contributed by atoms with van der Waals surface area (Å²) in [6.45, 7) is 4.12. The van der Waals surface area contributed by atoms with Gasteiger partial charge in [0.2, 0.25) is 0 Å². The van der Waals surface area contributed by atoms with E-state index in [4.69, 9.17) is 17.0 Å². The van der Waals surface area contributed by atoms with E-state index in [-0.39, 0.29) is 5.97 Å². The van der Waals surface area contributed by atoms with E-state index in [2.05, 4.69) is 24.5 Å². The molecule has 114 valence electrons. The highest BCUT2D eigenvalue weighted by molar-refractivity contribution is 7.80. The Morgan fingerprint density at radius 2 is 1.68 bits per heavy atom. The van der Waals surface area contributed by atoms with Crippen molar-refractivity contribution < 1.29 is 9.53 Å². The minimum atomic E-state index is -0.378. The van der Waals surface area contributed by atoms with Crippen LogP contribution in [0.5, 0.6) is 0 Å². The van der Waals surface area contributed by atoms with Gasteiger partial charge in [-0.05, 0) is 67.5 Å². The number of ether oxygens (including phenoxy) is 1. The summed E-state index contributed by atoms with van der Waals surface area (Å²) in [5, 5.41) is 6.64. The molecule has 0 spiro atoms. The molecule has 22 heavy (non-hydrogen) atoms. The van der Waals surface area contributed by atoms with Crippen LogP contribution in [-0.2, 0) is 4.74 Å². The van der Waals surface area contributed by atoms with Crippen LogP contribution in [0.3, 0.4) is 0 Å². The zero-order valence-corrected chi connectivity index (χ0v) is 13.6. The fourth-order valence-corrected chi connectivity index (χ4v) is 2.19. The van der Waals surface area contributed by atoms with Crippen molar-refractivity contribution in [2.24, 2.45) is 0 Å². The van der Waals surface area contributed by atoms with Crippen molar-refractivity contribution in [1.29, 1.82) is 0 Å². The quantitative estimate of drug-likeness (QED) is 0.665. The minimum Gasteiger partial charge on any atom is -0.465 e. The second-order valence-electron chi connectivity index (χ2n) is 4.95. The first-order chi connectivity index (χ1) is 10.5. The van der Waals surface area contributed by atoms with E-state index >= 15 is 0 Å². The molecule has 0 atom stereocenters. The van der Waals surface area contributed by atoms with Crippen molar-refractivity contribution in [1.82, 2.24) is 0 Å². The molecule has 0 radical (unpaired) electrons.